The number of rotatable bonds is 11. The minimum Gasteiger partial charge on any atom is -0.508 e. The maximum atomic E-state index is 13.9. The third-order valence-electron chi connectivity index (χ3n) is 7.41. The summed E-state index contributed by atoms with van der Waals surface area (Å²) in [6.45, 7) is 16.2. The van der Waals surface area contributed by atoms with Crippen LogP contribution in [0.3, 0.4) is 0 Å². The Morgan fingerprint density at radius 3 is 2.06 bits per heavy atom. The van der Waals surface area contributed by atoms with Crippen molar-refractivity contribution in [2.45, 2.75) is 91.8 Å². The molecule has 2 aliphatic rings. The highest BCUT2D eigenvalue weighted by Gasteiger charge is 2.49. The molecule has 6 nitrogen and oxygen atoms in total. The molecule has 0 bridgehead atoms. The van der Waals surface area contributed by atoms with Gasteiger partial charge in [-0.15, -0.1) is 0 Å². The zero-order valence-corrected chi connectivity index (χ0v) is 22.7. The number of hydrogen-bond acceptors (Lipinski definition) is 4. The van der Waals surface area contributed by atoms with Gasteiger partial charge in [0.15, 0.2) is 0 Å². The second kappa shape index (κ2) is 12.2. The number of aromatic hydroxyl groups is 1. The number of carbonyl (C=O) groups is 2. The van der Waals surface area contributed by atoms with Gasteiger partial charge in [-0.05, 0) is 74.1 Å². The number of fused-ring (bicyclic) bond motifs is 1. The van der Waals surface area contributed by atoms with E-state index >= 15 is 0 Å². The van der Waals surface area contributed by atoms with Crippen LogP contribution in [-0.2, 0) is 16.0 Å². The van der Waals surface area contributed by atoms with Crippen LogP contribution < -0.4 is 0 Å². The van der Waals surface area contributed by atoms with Crippen LogP contribution >= 0.6 is 0 Å². The van der Waals surface area contributed by atoms with Gasteiger partial charge >= 0.3 is 0 Å². The molecule has 3 atom stereocenters. The lowest BCUT2D eigenvalue weighted by atomic mass is 9.89. The van der Waals surface area contributed by atoms with Gasteiger partial charge in [0.1, 0.15) is 11.8 Å². The molecule has 0 aromatic heterocycles. The second-order valence-electron chi connectivity index (χ2n) is 11.9. The maximum absolute atomic E-state index is 13.9. The van der Waals surface area contributed by atoms with E-state index in [4.69, 9.17) is 0 Å². The third kappa shape index (κ3) is 7.22. The fourth-order valence-electron chi connectivity index (χ4n) is 5.66. The van der Waals surface area contributed by atoms with Crippen LogP contribution in [0.25, 0.3) is 0 Å². The van der Waals surface area contributed by atoms with Crippen molar-refractivity contribution in [2.24, 2.45) is 17.8 Å². The van der Waals surface area contributed by atoms with E-state index in [1.165, 1.54) is 6.42 Å². The molecule has 1 aromatic rings. The molecule has 2 heterocycles. The van der Waals surface area contributed by atoms with Crippen molar-refractivity contribution in [1.29, 1.82) is 0 Å². The van der Waals surface area contributed by atoms with Crippen LogP contribution in [-0.4, -0.2) is 75.9 Å². The molecule has 0 saturated carbocycles. The summed E-state index contributed by atoms with van der Waals surface area (Å²) in [4.78, 5) is 34.0. The molecule has 0 unspecified atom stereocenters. The summed E-state index contributed by atoms with van der Waals surface area (Å²) in [6, 6.07) is 6.78. The zero-order valence-electron chi connectivity index (χ0n) is 22.7. The number of phenolic OH excluding ortho intramolecular Hbond substituents is 1. The number of phenols is 1. The lowest BCUT2D eigenvalue weighted by molar-refractivity contribution is -0.167. The molecular weight excluding hydrogens is 438 g/mol. The van der Waals surface area contributed by atoms with Gasteiger partial charge in [-0.25, -0.2) is 0 Å². The van der Waals surface area contributed by atoms with Gasteiger partial charge in [-0.3, -0.25) is 14.5 Å². The number of carbonyl (C=O) groups excluding carboxylic acids is 2. The van der Waals surface area contributed by atoms with Crippen molar-refractivity contribution in [1.82, 2.24) is 14.7 Å². The Morgan fingerprint density at radius 1 is 0.829 bits per heavy atom. The van der Waals surface area contributed by atoms with Crippen molar-refractivity contribution >= 4 is 11.8 Å². The largest absolute Gasteiger partial charge is 0.508 e. The zero-order chi connectivity index (χ0) is 25.7. The average molecular weight is 486 g/mol. The number of piperazine rings is 2. The minimum atomic E-state index is -0.367. The lowest BCUT2D eigenvalue weighted by Crippen LogP contribution is -2.72. The first kappa shape index (κ1) is 27.5. The van der Waals surface area contributed by atoms with E-state index in [0.29, 0.717) is 37.3 Å². The molecule has 0 radical (unpaired) electrons. The number of nitrogens with zero attached hydrogens (tertiary/aromatic N) is 3. The molecule has 1 N–H and O–H groups in total. The van der Waals surface area contributed by atoms with E-state index in [1.54, 1.807) is 12.1 Å². The predicted octanol–water partition coefficient (Wildman–Crippen LogP) is 4.56. The van der Waals surface area contributed by atoms with E-state index in [2.05, 4.69) is 46.4 Å². The highest BCUT2D eigenvalue weighted by atomic mass is 16.3. The quantitative estimate of drug-likeness (QED) is 0.499. The first-order valence-electron chi connectivity index (χ1n) is 13.7. The second-order valence-corrected chi connectivity index (χ2v) is 11.9. The van der Waals surface area contributed by atoms with Crippen LogP contribution in [0, 0.1) is 17.8 Å². The normalized spacial score (nSPS) is 23.6. The van der Waals surface area contributed by atoms with Gasteiger partial charge in [0.25, 0.3) is 0 Å². The van der Waals surface area contributed by atoms with Gasteiger partial charge < -0.3 is 14.9 Å². The molecule has 2 fully saturated rings. The van der Waals surface area contributed by atoms with Crippen molar-refractivity contribution < 1.29 is 14.7 Å². The molecule has 2 aliphatic heterocycles. The molecule has 1 aromatic carbocycles. The highest BCUT2D eigenvalue weighted by Crippen LogP contribution is 2.31. The van der Waals surface area contributed by atoms with Gasteiger partial charge in [0.2, 0.25) is 11.8 Å². The molecular formula is C29H47N3O3. The smallest absolute Gasteiger partial charge is 0.245 e. The van der Waals surface area contributed by atoms with Crippen LogP contribution in [0.1, 0.15) is 72.8 Å². The molecule has 196 valence electrons. The van der Waals surface area contributed by atoms with Crippen molar-refractivity contribution in [3.8, 4) is 5.75 Å². The summed E-state index contributed by atoms with van der Waals surface area (Å²) in [5, 5.41) is 9.57. The Kier molecular flexibility index (Phi) is 9.62. The summed E-state index contributed by atoms with van der Waals surface area (Å²) in [5.41, 5.74) is 1.10. The molecule has 35 heavy (non-hydrogen) atoms. The van der Waals surface area contributed by atoms with Gasteiger partial charge in [0.05, 0.1) is 12.1 Å². The van der Waals surface area contributed by atoms with Gasteiger partial charge in [0, 0.05) is 19.6 Å². The summed E-state index contributed by atoms with van der Waals surface area (Å²) in [5.74, 6) is 1.94. The van der Waals surface area contributed by atoms with Crippen LogP contribution in [0.5, 0.6) is 5.75 Å². The topological polar surface area (TPSA) is 64.1 Å². The highest BCUT2D eigenvalue weighted by molar-refractivity contribution is 5.92. The fourth-order valence-corrected chi connectivity index (χ4v) is 5.66. The molecule has 6 heteroatoms. The Labute approximate surface area is 212 Å². The fraction of sp³-hybridized carbons (Fsp3) is 0.724. The van der Waals surface area contributed by atoms with E-state index in [0.717, 1.165) is 37.9 Å². The third-order valence-corrected chi connectivity index (χ3v) is 7.41. The summed E-state index contributed by atoms with van der Waals surface area (Å²) in [7, 11) is 0. The van der Waals surface area contributed by atoms with Crippen molar-refractivity contribution in [3.05, 3.63) is 29.8 Å². The van der Waals surface area contributed by atoms with Gasteiger partial charge in [-0.1, -0.05) is 53.7 Å². The monoisotopic (exact) mass is 485 g/mol. The SMILES string of the molecule is CC(C)CCCN1C[C@H]2CN(CCc3ccc(O)cc3)C(=O)[C@H](CC(C)C)N2C(=O)[C@@H]1CC(C)C. The summed E-state index contributed by atoms with van der Waals surface area (Å²) < 4.78 is 0. The van der Waals surface area contributed by atoms with E-state index in [-0.39, 0.29) is 35.7 Å². The van der Waals surface area contributed by atoms with E-state index < -0.39 is 0 Å². The molecule has 3 rings (SSSR count). The number of benzene rings is 1. The van der Waals surface area contributed by atoms with Crippen LogP contribution in [0.2, 0.25) is 0 Å². The number of hydrogen-bond donors (Lipinski definition) is 1. The molecule has 2 saturated heterocycles. The lowest BCUT2D eigenvalue weighted by Gasteiger charge is -2.53. The van der Waals surface area contributed by atoms with E-state index in [1.807, 2.05) is 21.9 Å². The average Bonchev–Trinajstić information content (AvgIpc) is 2.77. The Bertz CT molecular complexity index is 836. The van der Waals surface area contributed by atoms with Crippen molar-refractivity contribution in [3.63, 3.8) is 0 Å². The van der Waals surface area contributed by atoms with Crippen LogP contribution in [0.15, 0.2) is 24.3 Å². The first-order valence-corrected chi connectivity index (χ1v) is 13.7. The summed E-state index contributed by atoms with van der Waals surface area (Å²) >= 11 is 0. The van der Waals surface area contributed by atoms with Crippen molar-refractivity contribution in [2.75, 3.05) is 26.2 Å². The Hall–Kier alpha value is -2.08. The van der Waals surface area contributed by atoms with Gasteiger partial charge in [-0.2, -0.15) is 0 Å². The van der Waals surface area contributed by atoms with Crippen LogP contribution in [0.4, 0.5) is 0 Å². The maximum Gasteiger partial charge on any atom is 0.245 e. The van der Waals surface area contributed by atoms with E-state index in [9.17, 15) is 14.7 Å². The number of amides is 2. The summed E-state index contributed by atoms with van der Waals surface area (Å²) in [6.07, 6.45) is 4.57. The minimum absolute atomic E-state index is 0.0474. The molecule has 2 amide bonds. The Balaban J connectivity index is 1.81. The standard InChI is InChI=1S/C29H47N3O3/c1-20(2)8-7-14-30-18-24-19-31(15-13-23-9-11-25(33)12-10-23)28(34)27(17-22(5)6)32(24)29(35)26(30)16-21(3)4/h9-12,20-22,24,26-27,33H,7-8,13-19H2,1-6H3/t24-,26-,27-/m0/s1. The first-order chi connectivity index (χ1) is 16.6. The Morgan fingerprint density at radius 2 is 1.46 bits per heavy atom. The predicted molar refractivity (Wildman–Crippen MR) is 141 cm³/mol. The molecule has 0 spiro atoms. The molecule has 0 aliphatic carbocycles.